The van der Waals surface area contributed by atoms with Gasteiger partial charge in [-0.1, -0.05) is 71.7 Å². The molecule has 0 unspecified atom stereocenters. The Morgan fingerprint density at radius 1 is 0.938 bits per heavy atom. The topological polar surface area (TPSA) is 64.0 Å². The lowest BCUT2D eigenvalue weighted by Crippen LogP contribution is -2.12. The summed E-state index contributed by atoms with van der Waals surface area (Å²) in [6, 6.07) is 21.4. The molecule has 4 aromatic rings. The molecule has 8 heteroatoms. The fourth-order valence-corrected chi connectivity index (χ4v) is 3.40. The van der Waals surface area contributed by atoms with Crippen molar-refractivity contribution in [3.63, 3.8) is 0 Å². The average molecular weight is 468 g/mol. The Labute approximate surface area is 193 Å². The SMILES string of the molecule is O=C(Nc1cccc(F)c1)c1cn(-c2ccccc2)nc1-c1ccc(C(=O)C(Cl)Cl)cc1. The molecule has 4 rings (SSSR count). The lowest BCUT2D eigenvalue weighted by molar-refractivity contribution is 0.100. The summed E-state index contributed by atoms with van der Waals surface area (Å²) in [5.74, 6) is -1.33. The van der Waals surface area contributed by atoms with Gasteiger partial charge in [-0.25, -0.2) is 9.07 Å². The van der Waals surface area contributed by atoms with E-state index < -0.39 is 22.3 Å². The highest BCUT2D eigenvalue weighted by molar-refractivity contribution is 6.55. The molecular formula is C24H16Cl2FN3O2. The molecule has 0 saturated heterocycles. The van der Waals surface area contributed by atoms with Crippen LogP contribution >= 0.6 is 23.2 Å². The minimum Gasteiger partial charge on any atom is -0.322 e. The summed E-state index contributed by atoms with van der Waals surface area (Å²) in [5, 5.41) is 7.28. The zero-order chi connectivity index (χ0) is 22.7. The van der Waals surface area contributed by atoms with Crippen molar-refractivity contribution in [1.29, 1.82) is 0 Å². The molecule has 0 aliphatic carbocycles. The first kappa shape index (κ1) is 21.7. The number of halogens is 3. The summed E-state index contributed by atoms with van der Waals surface area (Å²) in [7, 11) is 0. The molecule has 3 aromatic carbocycles. The summed E-state index contributed by atoms with van der Waals surface area (Å²) >= 11 is 11.3. The Bertz CT molecular complexity index is 1270. The molecule has 0 radical (unpaired) electrons. The minimum atomic E-state index is -1.16. The molecule has 1 aromatic heterocycles. The van der Waals surface area contributed by atoms with Crippen LogP contribution in [0, 0.1) is 5.82 Å². The third-order valence-corrected chi connectivity index (χ3v) is 5.10. The number of carbonyl (C=O) groups excluding carboxylic acids is 2. The number of nitrogens with zero attached hydrogens (tertiary/aromatic N) is 2. The molecule has 0 fully saturated rings. The van der Waals surface area contributed by atoms with Gasteiger partial charge in [-0.05, 0) is 30.3 Å². The number of nitrogens with one attached hydrogen (secondary N) is 1. The molecule has 0 saturated carbocycles. The number of benzene rings is 3. The van der Waals surface area contributed by atoms with Gasteiger partial charge in [0.2, 0.25) is 0 Å². The summed E-state index contributed by atoms with van der Waals surface area (Å²) < 4.78 is 15.1. The standard InChI is InChI=1S/C24H16Cl2FN3O2/c25-23(26)22(31)16-11-9-15(10-12-16)21-20(14-30(29-21)19-7-2-1-3-8-19)24(32)28-18-6-4-5-17(27)13-18/h1-14,23H,(H,28,32). The van der Waals surface area contributed by atoms with E-state index in [9.17, 15) is 14.0 Å². The van der Waals surface area contributed by atoms with E-state index in [1.807, 2.05) is 30.3 Å². The largest absolute Gasteiger partial charge is 0.322 e. The second-order valence-electron chi connectivity index (χ2n) is 6.88. The van der Waals surface area contributed by atoms with Gasteiger partial charge in [-0.3, -0.25) is 9.59 Å². The van der Waals surface area contributed by atoms with Crippen molar-refractivity contribution in [2.45, 2.75) is 4.84 Å². The molecule has 5 nitrogen and oxygen atoms in total. The van der Waals surface area contributed by atoms with Gasteiger partial charge in [0.1, 0.15) is 11.5 Å². The van der Waals surface area contributed by atoms with E-state index in [-0.39, 0.29) is 5.56 Å². The van der Waals surface area contributed by atoms with Crippen molar-refractivity contribution in [1.82, 2.24) is 9.78 Å². The quantitative estimate of drug-likeness (QED) is 0.282. The highest BCUT2D eigenvalue weighted by Crippen LogP contribution is 2.26. The number of amides is 1. The second kappa shape index (κ2) is 9.34. The summed E-state index contributed by atoms with van der Waals surface area (Å²) in [5.41, 5.74) is 2.72. The fourth-order valence-electron chi connectivity index (χ4n) is 3.15. The number of rotatable bonds is 6. The number of anilines is 1. The van der Waals surface area contributed by atoms with Crippen LogP contribution in [-0.2, 0) is 0 Å². The Morgan fingerprint density at radius 2 is 1.66 bits per heavy atom. The van der Waals surface area contributed by atoms with Crippen LogP contribution in [0.2, 0.25) is 0 Å². The van der Waals surface area contributed by atoms with Crippen LogP contribution in [-0.4, -0.2) is 26.3 Å². The summed E-state index contributed by atoms with van der Waals surface area (Å²) in [4.78, 5) is 23.9. The van der Waals surface area contributed by atoms with Crippen molar-refractivity contribution in [2.24, 2.45) is 0 Å². The van der Waals surface area contributed by atoms with Gasteiger partial charge in [0, 0.05) is 23.0 Å². The minimum absolute atomic E-state index is 0.282. The predicted octanol–water partition coefficient (Wildman–Crippen LogP) is 5.92. The lowest BCUT2D eigenvalue weighted by Gasteiger charge is -2.06. The van der Waals surface area contributed by atoms with Crippen LogP contribution in [0.25, 0.3) is 16.9 Å². The van der Waals surface area contributed by atoms with Crippen molar-refractivity contribution in [3.8, 4) is 16.9 Å². The van der Waals surface area contributed by atoms with Gasteiger partial charge in [-0.15, -0.1) is 0 Å². The van der Waals surface area contributed by atoms with E-state index in [4.69, 9.17) is 23.2 Å². The zero-order valence-electron chi connectivity index (χ0n) is 16.5. The average Bonchev–Trinajstić information content (AvgIpc) is 3.25. The Balaban J connectivity index is 1.74. The van der Waals surface area contributed by atoms with Gasteiger partial charge < -0.3 is 5.32 Å². The number of Topliss-reactive ketones (excluding diaryl/α,β-unsaturated/α-hetero) is 1. The van der Waals surface area contributed by atoms with Crippen LogP contribution in [0.1, 0.15) is 20.7 Å². The molecule has 1 heterocycles. The third kappa shape index (κ3) is 4.72. The second-order valence-corrected chi connectivity index (χ2v) is 7.97. The molecule has 0 aliphatic rings. The van der Waals surface area contributed by atoms with Gasteiger partial charge >= 0.3 is 0 Å². The number of carbonyl (C=O) groups is 2. The van der Waals surface area contributed by atoms with E-state index in [2.05, 4.69) is 10.4 Å². The molecule has 0 spiro atoms. The first-order chi connectivity index (χ1) is 15.4. The first-order valence-corrected chi connectivity index (χ1v) is 10.4. The van der Waals surface area contributed by atoms with E-state index >= 15 is 0 Å². The highest BCUT2D eigenvalue weighted by atomic mass is 35.5. The maximum atomic E-state index is 13.5. The van der Waals surface area contributed by atoms with Gasteiger partial charge in [0.05, 0.1) is 11.3 Å². The first-order valence-electron chi connectivity index (χ1n) is 9.57. The molecule has 0 bridgehead atoms. The van der Waals surface area contributed by atoms with Crippen LogP contribution < -0.4 is 5.32 Å². The summed E-state index contributed by atoms with van der Waals surface area (Å²) in [6.45, 7) is 0. The number of hydrogen-bond acceptors (Lipinski definition) is 3. The molecule has 160 valence electrons. The summed E-state index contributed by atoms with van der Waals surface area (Å²) in [6.07, 6.45) is 1.60. The maximum absolute atomic E-state index is 13.5. The van der Waals surface area contributed by atoms with E-state index in [0.29, 0.717) is 22.5 Å². The number of alkyl halides is 2. The molecule has 32 heavy (non-hydrogen) atoms. The third-order valence-electron chi connectivity index (χ3n) is 4.70. The fraction of sp³-hybridized carbons (Fsp3) is 0.0417. The normalized spacial score (nSPS) is 10.9. The van der Waals surface area contributed by atoms with Crippen molar-refractivity contribution >= 4 is 40.6 Å². The zero-order valence-corrected chi connectivity index (χ0v) is 18.0. The Morgan fingerprint density at radius 3 is 2.31 bits per heavy atom. The van der Waals surface area contributed by atoms with Gasteiger partial charge in [0.15, 0.2) is 10.6 Å². The van der Waals surface area contributed by atoms with E-state index in [1.54, 1.807) is 41.2 Å². The predicted molar refractivity (Wildman–Crippen MR) is 123 cm³/mol. The number of hydrogen-bond donors (Lipinski definition) is 1. The highest BCUT2D eigenvalue weighted by Gasteiger charge is 2.20. The van der Waals surface area contributed by atoms with Crippen molar-refractivity contribution in [2.75, 3.05) is 5.32 Å². The van der Waals surface area contributed by atoms with Gasteiger partial charge in [0.25, 0.3) is 5.91 Å². The lowest BCUT2D eigenvalue weighted by atomic mass is 10.0. The molecule has 1 N–H and O–H groups in total. The van der Waals surface area contributed by atoms with Crippen LogP contribution in [0.5, 0.6) is 0 Å². The van der Waals surface area contributed by atoms with Crippen LogP contribution in [0.3, 0.4) is 0 Å². The van der Waals surface area contributed by atoms with E-state index in [0.717, 1.165) is 5.69 Å². The molecule has 0 atom stereocenters. The Kier molecular flexibility index (Phi) is 6.35. The molecular weight excluding hydrogens is 452 g/mol. The Hall–Kier alpha value is -3.48. The van der Waals surface area contributed by atoms with Crippen LogP contribution in [0.15, 0.2) is 85.1 Å². The molecule has 0 aliphatic heterocycles. The number of ketones is 1. The number of aromatic nitrogens is 2. The monoisotopic (exact) mass is 467 g/mol. The molecule has 1 amide bonds. The van der Waals surface area contributed by atoms with Crippen molar-refractivity contribution < 1.29 is 14.0 Å². The van der Waals surface area contributed by atoms with Gasteiger partial charge in [-0.2, -0.15) is 5.10 Å². The van der Waals surface area contributed by atoms with Crippen LogP contribution in [0.4, 0.5) is 10.1 Å². The van der Waals surface area contributed by atoms with Crippen molar-refractivity contribution in [3.05, 3.63) is 102 Å². The van der Waals surface area contributed by atoms with E-state index in [1.165, 1.54) is 18.2 Å². The maximum Gasteiger partial charge on any atom is 0.259 e. The smallest absolute Gasteiger partial charge is 0.259 e. The number of para-hydroxylation sites is 1.